The number of fused-ring (bicyclic) bond motifs is 1. The van der Waals surface area contributed by atoms with Crippen LogP contribution in [-0.4, -0.2) is 45.5 Å². The van der Waals surface area contributed by atoms with Gasteiger partial charge in [0.25, 0.3) is 0 Å². The zero-order chi connectivity index (χ0) is 16.4. The molecule has 1 fully saturated rings. The Morgan fingerprint density at radius 2 is 2.39 bits per heavy atom. The third-order valence-corrected chi connectivity index (χ3v) is 4.65. The van der Waals surface area contributed by atoms with Gasteiger partial charge in [-0.2, -0.15) is 5.26 Å². The quantitative estimate of drug-likeness (QED) is 0.887. The molecule has 2 aromatic heterocycles. The predicted octanol–water partition coefficient (Wildman–Crippen LogP) is 2.53. The van der Waals surface area contributed by atoms with E-state index in [-0.39, 0.29) is 0 Å². The second kappa shape index (κ2) is 6.29. The topological polar surface area (TPSA) is 71.8 Å². The van der Waals surface area contributed by atoms with E-state index in [0.717, 1.165) is 42.2 Å². The van der Waals surface area contributed by atoms with Crippen LogP contribution in [0, 0.1) is 17.2 Å². The maximum atomic E-state index is 8.89. The lowest BCUT2D eigenvalue weighted by atomic mass is 9.88. The van der Waals surface area contributed by atoms with Crippen LogP contribution in [-0.2, 0) is 0 Å². The standard InChI is InChI=1S/C17H22N6/c1-4-22(17-14-6-8-19-16(14)20-11-21-17)10-15-12(2)9-23(15)13(3)5-7-18/h6,8,11-12,15H,3-5,9-10H2,1-2H3,(H,19,20,21). The smallest absolute Gasteiger partial charge is 0.142 e. The SMILES string of the molecule is C=C(CC#N)N1CC(C)C1CN(CC)c1ncnc2[nH]ccc12. The van der Waals surface area contributed by atoms with E-state index >= 15 is 0 Å². The highest BCUT2D eigenvalue weighted by molar-refractivity contribution is 5.87. The van der Waals surface area contributed by atoms with Crippen molar-refractivity contribution < 1.29 is 0 Å². The Kier molecular flexibility index (Phi) is 4.20. The first-order valence-corrected chi connectivity index (χ1v) is 8.00. The molecule has 6 nitrogen and oxygen atoms in total. The first-order valence-electron chi connectivity index (χ1n) is 8.00. The lowest BCUT2D eigenvalue weighted by Gasteiger charge is -2.50. The average molecular weight is 310 g/mol. The van der Waals surface area contributed by atoms with Crippen molar-refractivity contribution in [3.8, 4) is 6.07 Å². The van der Waals surface area contributed by atoms with Gasteiger partial charge in [-0.3, -0.25) is 0 Å². The molecule has 1 aliphatic rings. The normalized spacial score (nSPS) is 20.1. The van der Waals surface area contributed by atoms with Gasteiger partial charge in [-0.1, -0.05) is 13.5 Å². The second-order valence-electron chi connectivity index (χ2n) is 6.07. The fraction of sp³-hybridized carbons (Fsp3) is 0.471. The van der Waals surface area contributed by atoms with Crippen molar-refractivity contribution in [3.05, 3.63) is 30.9 Å². The molecular weight excluding hydrogens is 288 g/mol. The first kappa shape index (κ1) is 15.3. The lowest BCUT2D eigenvalue weighted by Crippen LogP contribution is -2.58. The van der Waals surface area contributed by atoms with Gasteiger partial charge in [0.1, 0.15) is 17.8 Å². The summed E-state index contributed by atoms with van der Waals surface area (Å²) in [5, 5.41) is 9.93. The fourth-order valence-electron chi connectivity index (χ4n) is 3.27. The van der Waals surface area contributed by atoms with Crippen molar-refractivity contribution in [2.45, 2.75) is 26.3 Å². The number of aromatic nitrogens is 3. The highest BCUT2D eigenvalue weighted by Gasteiger charge is 2.37. The Balaban J connectivity index is 1.81. The van der Waals surface area contributed by atoms with Crippen LogP contribution in [0.15, 0.2) is 30.9 Å². The molecule has 2 atom stereocenters. The molecule has 0 spiro atoms. The van der Waals surface area contributed by atoms with Gasteiger partial charge in [-0.25, -0.2) is 9.97 Å². The summed E-state index contributed by atoms with van der Waals surface area (Å²) >= 11 is 0. The fourth-order valence-corrected chi connectivity index (χ4v) is 3.27. The van der Waals surface area contributed by atoms with Crippen molar-refractivity contribution in [2.24, 2.45) is 5.92 Å². The molecule has 1 saturated heterocycles. The number of allylic oxidation sites excluding steroid dienone is 1. The number of likely N-dealkylation sites (N-methyl/N-ethyl adjacent to an activating group) is 1. The van der Waals surface area contributed by atoms with E-state index in [1.54, 1.807) is 6.33 Å². The van der Waals surface area contributed by atoms with E-state index in [2.05, 4.69) is 51.2 Å². The third-order valence-electron chi connectivity index (χ3n) is 4.65. The maximum absolute atomic E-state index is 8.89. The van der Waals surface area contributed by atoms with Crippen molar-refractivity contribution in [1.29, 1.82) is 5.26 Å². The average Bonchev–Trinajstić information content (AvgIpc) is 3.02. The Morgan fingerprint density at radius 1 is 1.57 bits per heavy atom. The number of likely N-dealkylation sites (tertiary alicyclic amines) is 1. The molecule has 23 heavy (non-hydrogen) atoms. The molecule has 0 aliphatic carbocycles. The van der Waals surface area contributed by atoms with Crippen molar-refractivity contribution >= 4 is 16.9 Å². The van der Waals surface area contributed by atoms with E-state index < -0.39 is 0 Å². The van der Waals surface area contributed by atoms with Crippen LogP contribution < -0.4 is 4.90 Å². The van der Waals surface area contributed by atoms with E-state index in [1.807, 2.05) is 12.3 Å². The maximum Gasteiger partial charge on any atom is 0.142 e. The van der Waals surface area contributed by atoms with Crippen LogP contribution in [0.1, 0.15) is 20.3 Å². The summed E-state index contributed by atoms with van der Waals surface area (Å²) in [4.78, 5) is 16.4. The molecule has 2 unspecified atom stereocenters. The number of hydrogen-bond acceptors (Lipinski definition) is 5. The molecule has 6 heteroatoms. The first-order chi connectivity index (χ1) is 11.2. The summed E-state index contributed by atoms with van der Waals surface area (Å²) in [5.41, 5.74) is 1.78. The molecule has 0 radical (unpaired) electrons. The van der Waals surface area contributed by atoms with Gasteiger partial charge in [-0.15, -0.1) is 0 Å². The molecule has 1 N–H and O–H groups in total. The largest absolute Gasteiger partial charge is 0.369 e. The Morgan fingerprint density at radius 3 is 3.09 bits per heavy atom. The van der Waals surface area contributed by atoms with E-state index in [0.29, 0.717) is 18.4 Å². The second-order valence-corrected chi connectivity index (χ2v) is 6.07. The third kappa shape index (κ3) is 2.74. The van der Waals surface area contributed by atoms with Gasteiger partial charge in [0, 0.05) is 31.5 Å². The van der Waals surface area contributed by atoms with Gasteiger partial charge in [0.05, 0.1) is 23.9 Å². The van der Waals surface area contributed by atoms with Crippen LogP contribution >= 0.6 is 0 Å². The Hall–Kier alpha value is -2.55. The van der Waals surface area contributed by atoms with Crippen molar-refractivity contribution in [1.82, 2.24) is 19.9 Å². The van der Waals surface area contributed by atoms with Crippen LogP contribution in [0.3, 0.4) is 0 Å². The highest BCUT2D eigenvalue weighted by Crippen LogP contribution is 2.31. The molecule has 0 saturated carbocycles. The molecule has 3 heterocycles. The number of rotatable bonds is 6. The molecule has 3 rings (SSSR count). The van der Waals surface area contributed by atoms with Crippen molar-refractivity contribution in [3.63, 3.8) is 0 Å². The number of anilines is 1. The summed E-state index contributed by atoms with van der Waals surface area (Å²) < 4.78 is 0. The number of H-pyrrole nitrogens is 1. The Bertz CT molecular complexity index is 743. The number of nitrogens with zero attached hydrogens (tertiary/aromatic N) is 5. The van der Waals surface area contributed by atoms with Crippen LogP contribution in [0.25, 0.3) is 11.0 Å². The zero-order valence-electron chi connectivity index (χ0n) is 13.7. The molecule has 1 aliphatic heterocycles. The molecule has 0 aromatic carbocycles. The van der Waals surface area contributed by atoms with Crippen LogP contribution in [0.5, 0.6) is 0 Å². The summed E-state index contributed by atoms with van der Waals surface area (Å²) in [5.74, 6) is 1.55. The molecular formula is C17H22N6. The van der Waals surface area contributed by atoms with Crippen LogP contribution in [0.4, 0.5) is 5.82 Å². The molecule has 0 amide bonds. The molecule has 120 valence electrons. The van der Waals surface area contributed by atoms with Crippen molar-refractivity contribution in [2.75, 3.05) is 24.5 Å². The minimum Gasteiger partial charge on any atom is -0.369 e. The van der Waals surface area contributed by atoms with Gasteiger partial charge in [0.2, 0.25) is 0 Å². The lowest BCUT2D eigenvalue weighted by molar-refractivity contribution is 0.0656. The summed E-state index contributed by atoms with van der Waals surface area (Å²) in [6.07, 6.45) is 3.89. The number of hydrogen-bond donors (Lipinski definition) is 1. The van der Waals surface area contributed by atoms with Crippen LogP contribution in [0.2, 0.25) is 0 Å². The summed E-state index contributed by atoms with van der Waals surface area (Å²) in [6.45, 7) is 11.2. The van der Waals surface area contributed by atoms with E-state index in [4.69, 9.17) is 5.26 Å². The molecule has 2 aromatic rings. The number of nitriles is 1. The van der Waals surface area contributed by atoms with Gasteiger partial charge in [0.15, 0.2) is 0 Å². The minimum atomic E-state index is 0.375. The number of aromatic amines is 1. The summed E-state index contributed by atoms with van der Waals surface area (Å²) in [7, 11) is 0. The Labute approximate surface area is 136 Å². The minimum absolute atomic E-state index is 0.375. The van der Waals surface area contributed by atoms with Gasteiger partial charge >= 0.3 is 0 Å². The van der Waals surface area contributed by atoms with E-state index in [1.165, 1.54) is 0 Å². The monoisotopic (exact) mass is 310 g/mol. The van der Waals surface area contributed by atoms with E-state index in [9.17, 15) is 0 Å². The summed E-state index contributed by atoms with van der Waals surface area (Å²) in [6, 6.07) is 4.58. The highest BCUT2D eigenvalue weighted by atomic mass is 15.3. The zero-order valence-corrected chi connectivity index (χ0v) is 13.7. The molecule has 0 bridgehead atoms. The van der Waals surface area contributed by atoms with Gasteiger partial charge in [-0.05, 0) is 18.9 Å². The number of nitrogens with one attached hydrogen (secondary N) is 1. The van der Waals surface area contributed by atoms with Gasteiger partial charge < -0.3 is 14.8 Å². The predicted molar refractivity (Wildman–Crippen MR) is 90.8 cm³/mol.